The van der Waals surface area contributed by atoms with Crippen molar-refractivity contribution in [3.8, 4) is 0 Å². The lowest BCUT2D eigenvalue weighted by Gasteiger charge is -2.10. The van der Waals surface area contributed by atoms with E-state index < -0.39 is 14.9 Å². The Kier molecular flexibility index (Phi) is 5.79. The second kappa shape index (κ2) is 7.92. The van der Waals surface area contributed by atoms with Gasteiger partial charge in [0.1, 0.15) is 6.10 Å². The summed E-state index contributed by atoms with van der Waals surface area (Å²) in [5.41, 5.74) is -0.324. The summed E-state index contributed by atoms with van der Waals surface area (Å²) >= 11 is 0.989. The zero-order valence-corrected chi connectivity index (χ0v) is 16.3. The van der Waals surface area contributed by atoms with Gasteiger partial charge >= 0.3 is 0 Å². The number of sulfonamides is 1. The molecular formula is C15H19N5O5S2. The van der Waals surface area contributed by atoms with Crippen LogP contribution in [0.1, 0.15) is 38.6 Å². The van der Waals surface area contributed by atoms with E-state index in [1.807, 2.05) is 0 Å². The van der Waals surface area contributed by atoms with Crippen LogP contribution in [0.2, 0.25) is 0 Å². The van der Waals surface area contributed by atoms with Gasteiger partial charge in [0, 0.05) is 18.7 Å². The van der Waals surface area contributed by atoms with E-state index in [0.29, 0.717) is 17.6 Å². The number of H-pyrrole nitrogens is 1. The standard InChI is InChI=1S/C15H19N5O5S2/c1-9(2)19-27(23,24)10-5-6-13(11(8-10)20(21)22)26-15-16-14(17-18-15)12-4-3-7-25-12/h5-6,8-9,12,19H,3-4,7H2,1-2H3,(H,16,17,18)/t12-/m0/s1. The number of rotatable bonds is 7. The molecule has 3 rings (SSSR count). The largest absolute Gasteiger partial charge is 0.370 e. The maximum Gasteiger partial charge on any atom is 0.284 e. The highest BCUT2D eigenvalue weighted by molar-refractivity contribution is 7.99. The maximum atomic E-state index is 12.3. The molecule has 2 heterocycles. The highest BCUT2D eigenvalue weighted by Crippen LogP contribution is 2.35. The van der Waals surface area contributed by atoms with Crippen molar-refractivity contribution in [1.29, 1.82) is 0 Å². The van der Waals surface area contributed by atoms with Gasteiger partial charge in [-0.3, -0.25) is 15.2 Å². The zero-order valence-electron chi connectivity index (χ0n) is 14.7. The second-order valence-corrected chi connectivity index (χ2v) is 8.99. The van der Waals surface area contributed by atoms with Gasteiger partial charge in [-0.25, -0.2) is 18.1 Å². The van der Waals surface area contributed by atoms with E-state index in [1.165, 1.54) is 12.1 Å². The highest BCUT2D eigenvalue weighted by atomic mass is 32.2. The number of nitro groups is 1. The van der Waals surface area contributed by atoms with Crippen LogP contribution in [0.15, 0.2) is 33.1 Å². The summed E-state index contributed by atoms with van der Waals surface area (Å²) in [5.74, 6) is 0.581. The topological polar surface area (TPSA) is 140 Å². The van der Waals surface area contributed by atoms with E-state index in [9.17, 15) is 18.5 Å². The van der Waals surface area contributed by atoms with Crippen LogP contribution in [0.3, 0.4) is 0 Å². The minimum Gasteiger partial charge on any atom is -0.370 e. The normalized spacial score (nSPS) is 17.5. The second-order valence-electron chi connectivity index (χ2n) is 6.27. The van der Waals surface area contributed by atoms with Gasteiger partial charge in [0.05, 0.1) is 14.7 Å². The zero-order chi connectivity index (χ0) is 19.6. The molecule has 0 radical (unpaired) electrons. The molecule has 10 nitrogen and oxygen atoms in total. The Bertz CT molecular complexity index is 938. The van der Waals surface area contributed by atoms with Gasteiger partial charge in [0.15, 0.2) is 5.82 Å². The smallest absolute Gasteiger partial charge is 0.284 e. The average Bonchev–Trinajstić information content (AvgIpc) is 3.24. The minimum absolute atomic E-state index is 0.142. The van der Waals surface area contributed by atoms with Crippen molar-refractivity contribution in [2.45, 2.75) is 53.8 Å². The van der Waals surface area contributed by atoms with E-state index in [0.717, 1.165) is 30.7 Å². The fourth-order valence-corrected chi connectivity index (χ4v) is 4.69. The first-order valence-electron chi connectivity index (χ1n) is 8.29. The summed E-state index contributed by atoms with van der Waals surface area (Å²) < 4.78 is 32.4. The van der Waals surface area contributed by atoms with Gasteiger partial charge in [-0.15, -0.1) is 5.10 Å². The summed E-state index contributed by atoms with van der Waals surface area (Å²) in [6.07, 6.45) is 1.64. The van der Waals surface area contributed by atoms with Gasteiger partial charge in [0.25, 0.3) is 5.69 Å². The quantitative estimate of drug-likeness (QED) is 0.521. The van der Waals surface area contributed by atoms with Crippen molar-refractivity contribution in [2.24, 2.45) is 0 Å². The molecule has 1 aliphatic rings. The number of nitro benzene ring substituents is 1. The molecule has 1 saturated heterocycles. The van der Waals surface area contributed by atoms with Crippen molar-refractivity contribution in [3.63, 3.8) is 0 Å². The van der Waals surface area contributed by atoms with E-state index >= 15 is 0 Å². The molecule has 1 aromatic carbocycles. The Morgan fingerprint density at radius 2 is 2.22 bits per heavy atom. The van der Waals surface area contributed by atoms with Crippen molar-refractivity contribution < 1.29 is 18.1 Å². The number of aromatic amines is 1. The summed E-state index contributed by atoms with van der Waals surface area (Å²) in [7, 11) is -3.83. The molecule has 146 valence electrons. The summed E-state index contributed by atoms with van der Waals surface area (Å²) in [4.78, 5) is 15.2. The summed E-state index contributed by atoms with van der Waals surface area (Å²) in [6.45, 7) is 4.01. The van der Waals surface area contributed by atoms with Gasteiger partial charge in [-0.2, -0.15) is 0 Å². The number of nitrogens with one attached hydrogen (secondary N) is 2. The monoisotopic (exact) mass is 413 g/mol. The van der Waals surface area contributed by atoms with Crippen molar-refractivity contribution in [2.75, 3.05) is 6.61 Å². The molecule has 2 N–H and O–H groups in total. The number of hydrogen-bond donors (Lipinski definition) is 2. The van der Waals surface area contributed by atoms with Crippen molar-refractivity contribution in [3.05, 3.63) is 34.1 Å². The SMILES string of the molecule is CC(C)NS(=O)(=O)c1ccc(Sc2n[nH]c([C@@H]3CCCO3)n2)c([N+](=O)[O-])c1. The highest BCUT2D eigenvalue weighted by Gasteiger charge is 2.25. The molecule has 0 saturated carbocycles. The number of hydrogen-bond acceptors (Lipinski definition) is 8. The molecule has 0 unspecified atom stereocenters. The van der Waals surface area contributed by atoms with Crippen LogP contribution in [-0.2, 0) is 14.8 Å². The Morgan fingerprint density at radius 3 is 2.85 bits per heavy atom. The third kappa shape index (κ3) is 4.64. The first-order valence-corrected chi connectivity index (χ1v) is 10.6. The van der Waals surface area contributed by atoms with E-state index in [-0.39, 0.29) is 27.6 Å². The lowest BCUT2D eigenvalue weighted by molar-refractivity contribution is -0.388. The minimum atomic E-state index is -3.83. The number of aromatic nitrogens is 3. The van der Waals surface area contributed by atoms with Crippen molar-refractivity contribution in [1.82, 2.24) is 19.9 Å². The molecular weight excluding hydrogens is 394 g/mol. The Morgan fingerprint density at radius 1 is 1.44 bits per heavy atom. The molecule has 12 heteroatoms. The van der Waals surface area contributed by atoms with Crippen LogP contribution in [0, 0.1) is 10.1 Å². The van der Waals surface area contributed by atoms with Crippen LogP contribution >= 0.6 is 11.8 Å². The molecule has 2 aromatic rings. The molecule has 0 spiro atoms. The van der Waals surface area contributed by atoms with Crippen LogP contribution in [0.5, 0.6) is 0 Å². The summed E-state index contributed by atoms with van der Waals surface area (Å²) in [5, 5.41) is 18.6. The Balaban J connectivity index is 1.86. The molecule has 1 atom stereocenters. The average molecular weight is 413 g/mol. The first-order chi connectivity index (χ1) is 12.8. The molecule has 1 aromatic heterocycles. The molecule has 27 heavy (non-hydrogen) atoms. The summed E-state index contributed by atoms with van der Waals surface area (Å²) in [6, 6.07) is 3.43. The van der Waals surface area contributed by atoms with Gasteiger partial charge in [-0.1, -0.05) is 0 Å². The lowest BCUT2D eigenvalue weighted by Crippen LogP contribution is -2.30. The Labute approximate surface area is 160 Å². The van der Waals surface area contributed by atoms with Gasteiger partial charge in [-0.05, 0) is 50.6 Å². The maximum absolute atomic E-state index is 12.3. The third-order valence-corrected chi connectivity index (χ3v) is 6.33. The van der Waals surface area contributed by atoms with Crippen LogP contribution in [0.25, 0.3) is 0 Å². The fourth-order valence-electron chi connectivity index (χ4n) is 2.61. The molecule has 1 aliphatic heterocycles. The Hall–Kier alpha value is -2.02. The molecule has 0 bridgehead atoms. The van der Waals surface area contributed by atoms with E-state index in [2.05, 4.69) is 19.9 Å². The third-order valence-electron chi connectivity index (χ3n) is 3.75. The van der Waals surface area contributed by atoms with Gasteiger partial charge in [0.2, 0.25) is 15.2 Å². The fraction of sp³-hybridized carbons (Fsp3) is 0.467. The molecule has 0 aliphatic carbocycles. The molecule has 0 amide bonds. The van der Waals surface area contributed by atoms with Crippen LogP contribution in [0.4, 0.5) is 5.69 Å². The number of benzene rings is 1. The predicted octanol–water partition coefficient (Wildman–Crippen LogP) is 2.40. The van der Waals surface area contributed by atoms with E-state index in [1.54, 1.807) is 13.8 Å². The number of nitrogens with zero attached hydrogens (tertiary/aromatic N) is 3. The van der Waals surface area contributed by atoms with Gasteiger partial charge < -0.3 is 4.74 Å². The molecule has 1 fully saturated rings. The van der Waals surface area contributed by atoms with E-state index in [4.69, 9.17) is 4.74 Å². The number of ether oxygens (including phenoxy) is 1. The van der Waals surface area contributed by atoms with Crippen LogP contribution in [-0.4, -0.2) is 41.2 Å². The van der Waals surface area contributed by atoms with Crippen molar-refractivity contribution >= 4 is 27.5 Å². The van der Waals surface area contributed by atoms with Crippen LogP contribution < -0.4 is 4.72 Å². The predicted molar refractivity (Wildman–Crippen MR) is 97.0 cm³/mol. The lowest BCUT2D eigenvalue weighted by atomic mass is 10.2. The first kappa shape index (κ1) is 19.7.